The van der Waals surface area contributed by atoms with Crippen molar-refractivity contribution in [2.45, 2.75) is 65.0 Å². The molecule has 3 heterocycles. The first-order chi connectivity index (χ1) is 13.7. The van der Waals surface area contributed by atoms with Gasteiger partial charge in [0.15, 0.2) is 5.78 Å². The van der Waals surface area contributed by atoms with Gasteiger partial charge in [-0.1, -0.05) is 0 Å². The number of aryl methyl sites for hydroxylation is 2. The summed E-state index contributed by atoms with van der Waals surface area (Å²) in [6.45, 7) is 9.64. The Morgan fingerprint density at radius 2 is 1.79 bits per heavy atom. The first kappa shape index (κ1) is 19.9. The van der Waals surface area contributed by atoms with Crippen LogP contribution in [0.5, 0.6) is 5.75 Å². The Hall–Kier alpha value is -2.37. The minimum absolute atomic E-state index is 0.0605. The van der Waals surface area contributed by atoms with Crippen LogP contribution in [-0.4, -0.2) is 58.7 Å². The van der Waals surface area contributed by atoms with Crippen molar-refractivity contribution in [2.75, 3.05) is 19.6 Å². The molecule has 1 atom stereocenters. The molecule has 1 aromatic carbocycles. The summed E-state index contributed by atoms with van der Waals surface area (Å²) in [5.41, 5.74) is 2.37. The largest absolute Gasteiger partial charge is 0.486 e. The molecule has 2 saturated heterocycles. The Morgan fingerprint density at radius 3 is 2.41 bits per heavy atom. The van der Waals surface area contributed by atoms with Crippen LogP contribution in [0.1, 0.15) is 61.0 Å². The molecule has 0 bridgehead atoms. The summed E-state index contributed by atoms with van der Waals surface area (Å²) in [7, 11) is 0. The van der Waals surface area contributed by atoms with E-state index in [2.05, 4.69) is 0 Å². The number of piperidine rings is 1. The summed E-state index contributed by atoms with van der Waals surface area (Å²) in [5.74, 6) is 0.682. The number of likely N-dealkylation sites (tertiary alicyclic amines) is 2. The van der Waals surface area contributed by atoms with Gasteiger partial charge in [-0.2, -0.15) is 0 Å². The second-order valence-corrected chi connectivity index (χ2v) is 9.18. The van der Waals surface area contributed by atoms with Crippen molar-refractivity contribution in [3.8, 4) is 5.75 Å². The number of rotatable bonds is 2. The number of carbonyl (C=O) groups excluding carboxylic acids is 3. The third-order valence-corrected chi connectivity index (χ3v) is 6.82. The Kier molecular flexibility index (Phi) is 4.91. The number of hydrogen-bond donors (Lipinski definition) is 0. The zero-order valence-electron chi connectivity index (χ0n) is 17.8. The third-order valence-electron chi connectivity index (χ3n) is 6.82. The number of Topliss-reactive ketones (excluding diaryl/α,β-unsaturated/α-hetero) is 1. The van der Waals surface area contributed by atoms with Crippen LogP contribution < -0.4 is 4.74 Å². The van der Waals surface area contributed by atoms with Gasteiger partial charge in [-0.3, -0.25) is 14.4 Å². The normalized spacial score (nSPS) is 23.6. The Balaban J connectivity index is 1.43. The maximum atomic E-state index is 13.0. The molecule has 0 N–H and O–H groups in total. The second-order valence-electron chi connectivity index (χ2n) is 9.18. The van der Waals surface area contributed by atoms with E-state index in [1.54, 1.807) is 4.90 Å². The average molecular weight is 399 g/mol. The number of carbonyl (C=O) groups is 3. The molecule has 0 aliphatic carbocycles. The van der Waals surface area contributed by atoms with Gasteiger partial charge >= 0.3 is 0 Å². The highest BCUT2D eigenvalue weighted by molar-refractivity contribution is 6.00. The molecule has 29 heavy (non-hydrogen) atoms. The quantitative estimate of drug-likeness (QED) is 0.768. The molecule has 0 aromatic heterocycles. The molecule has 3 aliphatic rings. The summed E-state index contributed by atoms with van der Waals surface area (Å²) < 4.78 is 6.36. The lowest BCUT2D eigenvalue weighted by Gasteiger charge is -2.44. The fourth-order valence-electron chi connectivity index (χ4n) is 4.82. The van der Waals surface area contributed by atoms with E-state index in [4.69, 9.17) is 4.74 Å². The van der Waals surface area contributed by atoms with E-state index in [-0.39, 0.29) is 29.6 Å². The van der Waals surface area contributed by atoms with Crippen LogP contribution in [0.25, 0.3) is 0 Å². The van der Waals surface area contributed by atoms with Crippen LogP contribution in [0.4, 0.5) is 0 Å². The summed E-state index contributed by atoms with van der Waals surface area (Å²) >= 11 is 0. The van der Waals surface area contributed by atoms with Gasteiger partial charge in [0.05, 0.1) is 17.9 Å². The number of fused-ring (bicyclic) bond motifs is 1. The molecule has 1 unspecified atom stereocenters. The van der Waals surface area contributed by atoms with Crippen molar-refractivity contribution >= 4 is 17.6 Å². The van der Waals surface area contributed by atoms with Crippen molar-refractivity contribution < 1.29 is 19.1 Å². The highest BCUT2D eigenvalue weighted by atomic mass is 16.5. The van der Waals surface area contributed by atoms with E-state index in [1.165, 1.54) is 0 Å². The van der Waals surface area contributed by atoms with Crippen LogP contribution in [0.3, 0.4) is 0 Å². The molecular weight excluding hydrogens is 368 g/mol. The van der Waals surface area contributed by atoms with Crippen molar-refractivity contribution in [1.29, 1.82) is 0 Å². The lowest BCUT2D eigenvalue weighted by Crippen LogP contribution is -2.53. The number of amides is 2. The number of hydrogen-bond acceptors (Lipinski definition) is 4. The lowest BCUT2D eigenvalue weighted by molar-refractivity contribution is -0.139. The zero-order chi connectivity index (χ0) is 20.9. The maximum Gasteiger partial charge on any atom is 0.227 e. The predicted octanol–water partition coefficient (Wildman–Crippen LogP) is 2.89. The maximum absolute atomic E-state index is 13.0. The average Bonchev–Trinajstić information content (AvgIpc) is 3.06. The van der Waals surface area contributed by atoms with Crippen molar-refractivity contribution in [3.05, 3.63) is 28.8 Å². The minimum atomic E-state index is -0.516. The molecule has 156 valence electrons. The first-order valence-corrected chi connectivity index (χ1v) is 10.6. The van der Waals surface area contributed by atoms with Gasteiger partial charge in [0.2, 0.25) is 11.8 Å². The summed E-state index contributed by atoms with van der Waals surface area (Å²) in [6, 6.07) is 4.01. The molecule has 3 aliphatic heterocycles. The van der Waals surface area contributed by atoms with Crippen LogP contribution in [0.2, 0.25) is 0 Å². The van der Waals surface area contributed by atoms with E-state index < -0.39 is 5.60 Å². The lowest BCUT2D eigenvalue weighted by atomic mass is 9.81. The molecule has 1 aromatic rings. The third kappa shape index (κ3) is 3.53. The van der Waals surface area contributed by atoms with Gasteiger partial charge in [-0.15, -0.1) is 0 Å². The minimum Gasteiger partial charge on any atom is -0.486 e. The van der Waals surface area contributed by atoms with Crippen LogP contribution in [-0.2, 0) is 9.59 Å². The SMILES string of the molecule is Cc1cc2c(cc1C)C(=O)CC1(CCN(C(=O)C3CC(=O)N(C(C)C)C3)CC1)O2. The molecular formula is C23H30N2O4. The molecule has 1 spiro atoms. The fourth-order valence-corrected chi connectivity index (χ4v) is 4.82. The molecule has 2 amide bonds. The Bertz CT molecular complexity index is 868. The van der Waals surface area contributed by atoms with Crippen molar-refractivity contribution in [3.63, 3.8) is 0 Å². The van der Waals surface area contributed by atoms with Gasteiger partial charge in [0.25, 0.3) is 0 Å². The number of ether oxygens (including phenoxy) is 1. The van der Waals surface area contributed by atoms with E-state index in [0.717, 1.165) is 11.1 Å². The first-order valence-electron chi connectivity index (χ1n) is 10.6. The van der Waals surface area contributed by atoms with E-state index >= 15 is 0 Å². The van der Waals surface area contributed by atoms with Crippen LogP contribution >= 0.6 is 0 Å². The van der Waals surface area contributed by atoms with E-state index in [9.17, 15) is 14.4 Å². The van der Waals surface area contributed by atoms with Crippen molar-refractivity contribution in [1.82, 2.24) is 9.80 Å². The van der Waals surface area contributed by atoms with Gasteiger partial charge < -0.3 is 14.5 Å². The van der Waals surface area contributed by atoms with Crippen molar-refractivity contribution in [2.24, 2.45) is 5.92 Å². The van der Waals surface area contributed by atoms with Gasteiger partial charge in [0.1, 0.15) is 11.4 Å². The Morgan fingerprint density at radius 1 is 1.14 bits per heavy atom. The van der Waals surface area contributed by atoms with Gasteiger partial charge in [-0.05, 0) is 51.0 Å². The Labute approximate surface area is 172 Å². The smallest absolute Gasteiger partial charge is 0.227 e. The molecule has 6 nitrogen and oxygen atoms in total. The zero-order valence-corrected chi connectivity index (χ0v) is 17.8. The second kappa shape index (κ2) is 7.15. The highest BCUT2D eigenvalue weighted by Crippen LogP contribution is 2.40. The molecule has 6 heteroatoms. The number of nitrogens with zero attached hydrogens (tertiary/aromatic N) is 2. The van der Waals surface area contributed by atoms with E-state index in [0.29, 0.717) is 56.6 Å². The molecule has 0 saturated carbocycles. The summed E-state index contributed by atoms with van der Waals surface area (Å²) in [4.78, 5) is 41.6. The highest BCUT2D eigenvalue weighted by Gasteiger charge is 2.45. The molecule has 2 fully saturated rings. The summed E-state index contributed by atoms with van der Waals surface area (Å²) in [6.07, 6.45) is 1.96. The molecule has 4 rings (SSSR count). The number of benzene rings is 1. The van der Waals surface area contributed by atoms with Gasteiger partial charge in [0, 0.05) is 44.9 Å². The topological polar surface area (TPSA) is 66.9 Å². The van der Waals surface area contributed by atoms with Crippen LogP contribution in [0, 0.1) is 19.8 Å². The fraction of sp³-hybridized carbons (Fsp3) is 0.609. The summed E-state index contributed by atoms with van der Waals surface area (Å²) in [5, 5.41) is 0. The molecule has 0 radical (unpaired) electrons. The number of ketones is 1. The predicted molar refractivity (Wildman–Crippen MR) is 109 cm³/mol. The van der Waals surface area contributed by atoms with E-state index in [1.807, 2.05) is 44.7 Å². The van der Waals surface area contributed by atoms with Gasteiger partial charge in [-0.25, -0.2) is 0 Å². The van der Waals surface area contributed by atoms with Crippen LogP contribution in [0.15, 0.2) is 12.1 Å². The standard InChI is InChI=1S/C23H30N2O4/c1-14(2)25-13-17(11-21(25)27)22(28)24-7-5-23(6-8-24)12-19(26)18-9-15(3)16(4)10-20(18)29-23/h9-10,14,17H,5-8,11-13H2,1-4H3. The monoisotopic (exact) mass is 398 g/mol.